The first-order valence-corrected chi connectivity index (χ1v) is 12.8. The summed E-state index contributed by atoms with van der Waals surface area (Å²) < 4.78 is 30.8. The number of piperidine rings is 1. The third-order valence-corrected chi connectivity index (χ3v) is 8.11. The van der Waals surface area contributed by atoms with Gasteiger partial charge >= 0.3 is 0 Å². The molecule has 154 valence electrons. The summed E-state index contributed by atoms with van der Waals surface area (Å²) in [5.41, 5.74) is 2.51. The summed E-state index contributed by atoms with van der Waals surface area (Å²) >= 11 is 1.91. The van der Waals surface area contributed by atoms with Crippen molar-refractivity contribution in [2.75, 3.05) is 25.2 Å². The lowest BCUT2D eigenvalue weighted by atomic mass is 9.82. The largest absolute Gasteiger partial charge is 0.369 e. The van der Waals surface area contributed by atoms with Crippen molar-refractivity contribution in [2.45, 2.75) is 57.8 Å². The summed E-state index contributed by atoms with van der Waals surface area (Å²) in [7, 11) is -2.97. The number of aryl methyl sites for hydroxylation is 2. The Morgan fingerprint density at radius 3 is 3.00 bits per heavy atom. The average Bonchev–Trinajstić information content (AvgIpc) is 3.22. The highest BCUT2D eigenvalue weighted by molar-refractivity contribution is 7.90. The van der Waals surface area contributed by atoms with E-state index in [1.165, 1.54) is 21.6 Å². The number of ether oxygens (including phenoxy) is 1. The minimum absolute atomic E-state index is 0.109. The minimum atomic E-state index is -2.97. The lowest BCUT2D eigenvalue weighted by Crippen LogP contribution is -2.49. The van der Waals surface area contributed by atoms with Gasteiger partial charge in [0.25, 0.3) is 0 Å². The number of rotatable bonds is 5. The van der Waals surface area contributed by atoms with Crippen LogP contribution in [0.1, 0.15) is 40.6 Å². The second kappa shape index (κ2) is 7.55. The zero-order valence-corrected chi connectivity index (χ0v) is 18.5. The van der Waals surface area contributed by atoms with Crippen LogP contribution in [0.4, 0.5) is 0 Å². The van der Waals surface area contributed by atoms with Gasteiger partial charge in [-0.2, -0.15) is 5.10 Å². The highest BCUT2D eigenvalue weighted by Gasteiger charge is 2.44. The molecule has 1 saturated heterocycles. The Hall–Kier alpha value is -1.22. The van der Waals surface area contributed by atoms with Gasteiger partial charge in [-0.15, -0.1) is 11.3 Å². The van der Waals surface area contributed by atoms with Crippen molar-refractivity contribution in [3.63, 3.8) is 0 Å². The first kappa shape index (κ1) is 20.1. The van der Waals surface area contributed by atoms with Crippen molar-refractivity contribution in [1.29, 1.82) is 0 Å². The van der Waals surface area contributed by atoms with Gasteiger partial charge in [0.05, 0.1) is 25.1 Å². The number of thiophene rings is 1. The van der Waals surface area contributed by atoms with E-state index in [0.717, 1.165) is 44.5 Å². The van der Waals surface area contributed by atoms with E-state index in [-0.39, 0.29) is 11.4 Å². The van der Waals surface area contributed by atoms with Crippen molar-refractivity contribution >= 4 is 21.2 Å². The third kappa shape index (κ3) is 4.20. The van der Waals surface area contributed by atoms with E-state index >= 15 is 0 Å². The fourth-order valence-corrected chi connectivity index (χ4v) is 6.25. The molecule has 2 aliphatic heterocycles. The Labute approximate surface area is 171 Å². The Bertz CT molecular complexity index is 950. The summed E-state index contributed by atoms with van der Waals surface area (Å²) in [5, 5.41) is 4.33. The van der Waals surface area contributed by atoms with E-state index in [2.05, 4.69) is 29.9 Å². The van der Waals surface area contributed by atoms with Gasteiger partial charge in [0.15, 0.2) is 0 Å². The molecule has 0 aromatic carbocycles. The van der Waals surface area contributed by atoms with E-state index in [9.17, 15) is 8.42 Å². The van der Waals surface area contributed by atoms with E-state index in [4.69, 9.17) is 4.74 Å². The van der Waals surface area contributed by atoms with Gasteiger partial charge in [-0.05, 0) is 44.7 Å². The fourth-order valence-electron chi connectivity index (χ4n) is 4.49. The van der Waals surface area contributed by atoms with Crippen LogP contribution in [-0.2, 0) is 39.7 Å². The topological polar surface area (TPSA) is 64.4 Å². The quantitative estimate of drug-likeness (QED) is 0.740. The average molecular weight is 424 g/mol. The fraction of sp³-hybridized carbons (Fsp3) is 0.650. The molecule has 0 aliphatic carbocycles. The van der Waals surface area contributed by atoms with E-state index in [0.29, 0.717) is 12.6 Å². The van der Waals surface area contributed by atoms with E-state index < -0.39 is 9.84 Å². The maximum atomic E-state index is 11.3. The molecule has 4 heterocycles. The number of hydrogen-bond donors (Lipinski definition) is 0. The number of hydrogen-bond acceptors (Lipinski definition) is 6. The molecule has 6 nitrogen and oxygen atoms in total. The van der Waals surface area contributed by atoms with Crippen molar-refractivity contribution in [3.05, 3.63) is 39.3 Å². The van der Waals surface area contributed by atoms with Gasteiger partial charge in [0, 0.05) is 46.9 Å². The van der Waals surface area contributed by atoms with Crippen molar-refractivity contribution in [2.24, 2.45) is 0 Å². The Morgan fingerprint density at radius 2 is 2.25 bits per heavy atom. The summed E-state index contributed by atoms with van der Waals surface area (Å²) in [4.78, 5) is 5.32. The molecule has 0 N–H and O–H groups in total. The Balaban J connectivity index is 1.41. The standard InChI is InChI=1S/C20H29N3O3S2/c1-15-11-20(19-18(4-8-26-20)10-16(2)27-19)5-6-22(15)13-17-12-21-23(14-17)7-9-28(3,24)25/h10,12,14-15H,4-9,11,13H2,1-3H3/t15-,20+/m0/s1. The number of likely N-dealkylation sites (tertiary alicyclic amines) is 1. The van der Waals surface area contributed by atoms with Crippen LogP contribution in [0.15, 0.2) is 18.5 Å². The van der Waals surface area contributed by atoms with Gasteiger partial charge in [-0.1, -0.05) is 0 Å². The molecule has 2 aromatic heterocycles. The normalized spacial score (nSPS) is 25.9. The molecule has 8 heteroatoms. The second-order valence-electron chi connectivity index (χ2n) is 8.32. The van der Waals surface area contributed by atoms with Crippen molar-refractivity contribution < 1.29 is 13.2 Å². The molecule has 1 fully saturated rings. The number of fused-ring (bicyclic) bond motifs is 2. The van der Waals surface area contributed by atoms with Crippen LogP contribution in [0.5, 0.6) is 0 Å². The molecule has 2 atom stereocenters. The maximum Gasteiger partial charge on any atom is 0.149 e. The minimum Gasteiger partial charge on any atom is -0.369 e. The highest BCUT2D eigenvalue weighted by atomic mass is 32.2. The summed E-state index contributed by atoms with van der Waals surface area (Å²) in [6.45, 7) is 7.54. The van der Waals surface area contributed by atoms with Crippen LogP contribution in [0.3, 0.4) is 0 Å². The molecule has 2 aromatic rings. The summed E-state index contributed by atoms with van der Waals surface area (Å²) in [6, 6.07) is 2.76. The number of nitrogens with zero attached hydrogens (tertiary/aromatic N) is 3. The van der Waals surface area contributed by atoms with Crippen LogP contribution < -0.4 is 0 Å². The van der Waals surface area contributed by atoms with Gasteiger partial charge in [0.1, 0.15) is 15.4 Å². The molecular formula is C20H29N3O3S2. The lowest BCUT2D eigenvalue weighted by molar-refractivity contribution is -0.110. The van der Waals surface area contributed by atoms with Crippen molar-refractivity contribution in [1.82, 2.24) is 14.7 Å². The molecule has 0 unspecified atom stereocenters. The van der Waals surface area contributed by atoms with Gasteiger partial charge in [-0.3, -0.25) is 9.58 Å². The van der Waals surface area contributed by atoms with Gasteiger partial charge in [0.2, 0.25) is 0 Å². The number of sulfone groups is 1. The predicted molar refractivity (Wildman–Crippen MR) is 111 cm³/mol. The first-order valence-electron chi connectivity index (χ1n) is 9.91. The monoisotopic (exact) mass is 423 g/mol. The Kier molecular flexibility index (Phi) is 5.41. The van der Waals surface area contributed by atoms with Crippen LogP contribution >= 0.6 is 11.3 Å². The summed E-state index contributed by atoms with van der Waals surface area (Å²) in [5.74, 6) is 0.122. The first-order chi connectivity index (χ1) is 13.2. The van der Waals surface area contributed by atoms with Gasteiger partial charge < -0.3 is 4.74 Å². The molecule has 0 amide bonds. The highest BCUT2D eigenvalue weighted by Crippen LogP contribution is 2.47. The molecule has 2 aliphatic rings. The van der Waals surface area contributed by atoms with Crippen LogP contribution in [0.2, 0.25) is 0 Å². The molecule has 0 radical (unpaired) electrons. The lowest BCUT2D eigenvalue weighted by Gasteiger charge is -2.47. The van der Waals surface area contributed by atoms with Crippen LogP contribution in [-0.4, -0.2) is 54.3 Å². The summed E-state index contributed by atoms with van der Waals surface area (Å²) in [6.07, 6.45) is 8.16. The third-order valence-electron chi connectivity index (χ3n) is 5.91. The molecular weight excluding hydrogens is 394 g/mol. The Morgan fingerprint density at radius 1 is 1.43 bits per heavy atom. The molecule has 1 spiro atoms. The van der Waals surface area contributed by atoms with Crippen LogP contribution in [0.25, 0.3) is 0 Å². The zero-order valence-electron chi connectivity index (χ0n) is 16.8. The SMILES string of the molecule is Cc1cc2c(s1)[C@]1(CCN(Cc3cnn(CCS(C)(=O)=O)c3)[C@@H](C)C1)OCC2. The predicted octanol–water partition coefficient (Wildman–Crippen LogP) is 2.75. The van der Waals surface area contributed by atoms with E-state index in [1.807, 2.05) is 23.7 Å². The molecule has 0 saturated carbocycles. The van der Waals surface area contributed by atoms with E-state index in [1.54, 1.807) is 4.68 Å². The maximum absolute atomic E-state index is 11.3. The molecule has 4 rings (SSSR count). The smallest absolute Gasteiger partial charge is 0.149 e. The van der Waals surface area contributed by atoms with Crippen LogP contribution in [0, 0.1) is 6.92 Å². The molecule has 28 heavy (non-hydrogen) atoms. The molecule has 0 bridgehead atoms. The number of aromatic nitrogens is 2. The second-order valence-corrected chi connectivity index (χ2v) is 11.8. The van der Waals surface area contributed by atoms with Gasteiger partial charge in [-0.25, -0.2) is 8.42 Å². The van der Waals surface area contributed by atoms with Crippen molar-refractivity contribution in [3.8, 4) is 0 Å². The zero-order chi connectivity index (χ0) is 19.9.